The van der Waals surface area contributed by atoms with Gasteiger partial charge in [0, 0.05) is 0 Å². The first-order chi connectivity index (χ1) is 6.05. The van der Waals surface area contributed by atoms with E-state index in [0.29, 0.717) is 5.56 Å². The van der Waals surface area contributed by atoms with Crippen LogP contribution in [-0.4, -0.2) is 9.79 Å². The van der Waals surface area contributed by atoms with Crippen molar-refractivity contribution in [2.24, 2.45) is 5.73 Å². The summed E-state index contributed by atoms with van der Waals surface area (Å²) in [6.45, 7) is 0. The minimum atomic E-state index is -4.19. The minimum Gasteiger partial charge on any atom is -0.405 e. The van der Waals surface area contributed by atoms with Crippen molar-refractivity contribution in [1.82, 2.24) is 0 Å². The Labute approximate surface area is 75.9 Å². The van der Waals surface area contributed by atoms with Gasteiger partial charge in [-0.05, 0) is 23.9 Å². The van der Waals surface area contributed by atoms with E-state index >= 15 is 0 Å². The van der Waals surface area contributed by atoms with E-state index in [-0.39, 0.29) is 5.30 Å². The zero-order chi connectivity index (χ0) is 9.90. The smallest absolute Gasteiger partial charge is 0.356 e. The van der Waals surface area contributed by atoms with Crippen molar-refractivity contribution in [1.29, 1.82) is 0 Å². The predicted molar refractivity (Wildman–Crippen MR) is 51.3 cm³/mol. The summed E-state index contributed by atoms with van der Waals surface area (Å²) >= 11 is 0. The second kappa shape index (κ2) is 3.75. The van der Waals surface area contributed by atoms with Crippen LogP contribution in [0.5, 0.6) is 0 Å². The average Bonchev–Trinajstić information content (AvgIpc) is 2.04. The summed E-state index contributed by atoms with van der Waals surface area (Å²) in [4.78, 5) is 17.9. The molecule has 0 heterocycles. The molecular weight excluding hydrogens is 189 g/mol. The molecular formula is C8H10NO3P. The molecule has 0 saturated heterocycles. The zero-order valence-electron chi connectivity index (χ0n) is 6.79. The van der Waals surface area contributed by atoms with Crippen LogP contribution < -0.4 is 11.0 Å². The van der Waals surface area contributed by atoms with Gasteiger partial charge < -0.3 is 15.5 Å². The van der Waals surface area contributed by atoms with E-state index in [9.17, 15) is 4.57 Å². The third-order valence-electron chi connectivity index (χ3n) is 1.53. The first-order valence-corrected chi connectivity index (χ1v) is 5.20. The van der Waals surface area contributed by atoms with Gasteiger partial charge in [0.15, 0.2) is 0 Å². The molecule has 4 nitrogen and oxygen atoms in total. The maximum atomic E-state index is 10.9. The summed E-state index contributed by atoms with van der Waals surface area (Å²) in [5.41, 5.74) is 5.58. The first-order valence-electron chi connectivity index (χ1n) is 3.59. The Kier molecular flexibility index (Phi) is 2.88. The third-order valence-corrected chi connectivity index (χ3v) is 2.56. The molecule has 0 atom stereocenters. The van der Waals surface area contributed by atoms with Gasteiger partial charge in [-0.3, -0.25) is 4.57 Å². The Balaban J connectivity index is 3.28. The quantitative estimate of drug-likeness (QED) is 0.602. The lowest BCUT2D eigenvalue weighted by Crippen LogP contribution is -2.07. The highest BCUT2D eigenvalue weighted by Gasteiger charge is 2.19. The molecule has 0 bridgehead atoms. The largest absolute Gasteiger partial charge is 0.405 e. The van der Waals surface area contributed by atoms with Crippen LogP contribution in [0.3, 0.4) is 0 Å². The normalized spacial score (nSPS) is 12.2. The molecule has 0 fully saturated rings. The molecule has 0 aliphatic carbocycles. The van der Waals surface area contributed by atoms with Crippen molar-refractivity contribution in [3.05, 3.63) is 36.0 Å². The van der Waals surface area contributed by atoms with E-state index in [1.165, 1.54) is 18.3 Å². The van der Waals surface area contributed by atoms with Crippen LogP contribution in [0.15, 0.2) is 30.5 Å². The molecule has 70 valence electrons. The number of hydrogen-bond donors (Lipinski definition) is 3. The Morgan fingerprint density at radius 3 is 2.46 bits per heavy atom. The summed E-state index contributed by atoms with van der Waals surface area (Å²) in [5, 5.41) is -0.00306. The van der Waals surface area contributed by atoms with E-state index < -0.39 is 7.60 Å². The van der Waals surface area contributed by atoms with Crippen LogP contribution >= 0.6 is 7.60 Å². The Morgan fingerprint density at radius 1 is 1.31 bits per heavy atom. The third kappa shape index (κ3) is 2.42. The molecule has 0 spiro atoms. The SMILES string of the molecule is NC=Cc1ccccc1P(=O)(O)O. The number of nitrogens with two attached hydrogens (primary N) is 1. The van der Waals surface area contributed by atoms with Crippen LogP contribution in [0.25, 0.3) is 6.08 Å². The predicted octanol–water partition coefficient (Wildman–Crippen LogP) is 0.419. The van der Waals surface area contributed by atoms with Gasteiger partial charge in [-0.15, -0.1) is 0 Å². The minimum absolute atomic E-state index is 0.00306. The van der Waals surface area contributed by atoms with Crippen molar-refractivity contribution in [3.8, 4) is 0 Å². The van der Waals surface area contributed by atoms with Crippen molar-refractivity contribution < 1.29 is 14.4 Å². The van der Waals surface area contributed by atoms with E-state index in [2.05, 4.69) is 0 Å². The fraction of sp³-hybridized carbons (Fsp3) is 0. The highest BCUT2D eigenvalue weighted by Crippen LogP contribution is 2.34. The number of hydrogen-bond acceptors (Lipinski definition) is 2. The van der Waals surface area contributed by atoms with E-state index in [0.717, 1.165) is 0 Å². The van der Waals surface area contributed by atoms with Gasteiger partial charge >= 0.3 is 7.60 Å². The average molecular weight is 199 g/mol. The lowest BCUT2D eigenvalue weighted by molar-refractivity contribution is 0.387. The van der Waals surface area contributed by atoms with Crippen LogP contribution in [0.4, 0.5) is 0 Å². The summed E-state index contributed by atoms with van der Waals surface area (Å²) in [6, 6.07) is 6.24. The zero-order valence-corrected chi connectivity index (χ0v) is 7.69. The van der Waals surface area contributed by atoms with E-state index in [1.807, 2.05) is 0 Å². The topological polar surface area (TPSA) is 83.6 Å². The van der Waals surface area contributed by atoms with Crippen molar-refractivity contribution in [2.45, 2.75) is 0 Å². The lowest BCUT2D eigenvalue weighted by atomic mass is 10.2. The highest BCUT2D eigenvalue weighted by atomic mass is 31.2. The van der Waals surface area contributed by atoms with Crippen molar-refractivity contribution in [3.63, 3.8) is 0 Å². The molecule has 0 radical (unpaired) electrons. The van der Waals surface area contributed by atoms with Gasteiger partial charge in [0.2, 0.25) is 0 Å². The molecule has 1 aromatic rings. The summed E-state index contributed by atoms with van der Waals surface area (Å²) in [7, 11) is -4.19. The van der Waals surface area contributed by atoms with E-state index in [1.54, 1.807) is 18.2 Å². The highest BCUT2D eigenvalue weighted by molar-refractivity contribution is 7.60. The maximum absolute atomic E-state index is 10.9. The fourth-order valence-electron chi connectivity index (χ4n) is 0.997. The first kappa shape index (κ1) is 9.99. The summed E-state index contributed by atoms with van der Waals surface area (Å²) in [6.07, 6.45) is 2.70. The Morgan fingerprint density at radius 2 is 1.92 bits per heavy atom. The van der Waals surface area contributed by atoms with Crippen molar-refractivity contribution in [2.75, 3.05) is 0 Å². The molecule has 5 heteroatoms. The molecule has 1 rings (SSSR count). The summed E-state index contributed by atoms with van der Waals surface area (Å²) < 4.78 is 10.9. The monoisotopic (exact) mass is 199 g/mol. The molecule has 0 amide bonds. The molecule has 0 aliphatic heterocycles. The fourth-order valence-corrected chi connectivity index (χ4v) is 1.76. The molecule has 0 aliphatic rings. The van der Waals surface area contributed by atoms with Crippen molar-refractivity contribution >= 4 is 19.0 Å². The second-order valence-electron chi connectivity index (χ2n) is 2.46. The van der Waals surface area contributed by atoms with Gasteiger partial charge in [-0.25, -0.2) is 0 Å². The number of benzene rings is 1. The molecule has 13 heavy (non-hydrogen) atoms. The second-order valence-corrected chi connectivity index (χ2v) is 4.03. The van der Waals surface area contributed by atoms with Crippen LogP contribution in [0, 0.1) is 0 Å². The van der Waals surface area contributed by atoms with Gasteiger partial charge in [-0.1, -0.05) is 18.2 Å². The van der Waals surface area contributed by atoms with Crippen LogP contribution in [-0.2, 0) is 4.57 Å². The van der Waals surface area contributed by atoms with Gasteiger partial charge in [0.05, 0.1) is 5.30 Å². The lowest BCUT2D eigenvalue weighted by Gasteiger charge is -2.06. The standard InChI is InChI=1S/C8H10NO3P/c9-6-5-7-3-1-2-4-8(7)13(10,11)12/h1-6H,9H2,(H2,10,11,12). The van der Waals surface area contributed by atoms with Crippen LogP contribution in [0.1, 0.15) is 5.56 Å². The van der Waals surface area contributed by atoms with Crippen LogP contribution in [0.2, 0.25) is 0 Å². The molecule has 4 N–H and O–H groups in total. The molecule has 0 aromatic heterocycles. The Hall–Kier alpha value is -1.09. The maximum Gasteiger partial charge on any atom is 0.356 e. The van der Waals surface area contributed by atoms with Gasteiger partial charge in [0.25, 0.3) is 0 Å². The molecule has 1 aromatic carbocycles. The van der Waals surface area contributed by atoms with Gasteiger partial charge in [-0.2, -0.15) is 0 Å². The van der Waals surface area contributed by atoms with E-state index in [4.69, 9.17) is 15.5 Å². The molecule has 0 unspecified atom stereocenters. The summed E-state index contributed by atoms with van der Waals surface area (Å²) in [5.74, 6) is 0. The van der Waals surface area contributed by atoms with Gasteiger partial charge in [0.1, 0.15) is 0 Å². The molecule has 0 saturated carbocycles. The number of rotatable bonds is 2. The Bertz CT molecular complexity index is 369.